The van der Waals surface area contributed by atoms with E-state index in [1.807, 2.05) is 7.05 Å². The van der Waals surface area contributed by atoms with Crippen molar-refractivity contribution in [3.05, 3.63) is 16.1 Å². The number of rotatable bonds is 4. The van der Waals surface area contributed by atoms with E-state index in [2.05, 4.69) is 10.3 Å². The summed E-state index contributed by atoms with van der Waals surface area (Å²) in [5.41, 5.74) is 0.323. The Hall–Kier alpha value is -0.290. The van der Waals surface area contributed by atoms with Gasteiger partial charge in [-0.1, -0.05) is 11.6 Å². The zero-order valence-electron chi connectivity index (χ0n) is 9.13. The molecular weight excluding hydrogens is 249 g/mol. The van der Waals surface area contributed by atoms with Crippen molar-refractivity contribution in [3.8, 4) is 0 Å². The summed E-state index contributed by atoms with van der Waals surface area (Å²) in [4.78, 5) is 3.95. The van der Waals surface area contributed by atoms with Crippen LogP contribution < -0.4 is 5.32 Å². The van der Waals surface area contributed by atoms with Crippen LogP contribution in [0.4, 0.5) is 0 Å². The maximum Gasteiger partial charge on any atom is 0.204 e. The summed E-state index contributed by atoms with van der Waals surface area (Å²) in [6.45, 7) is 1.16. The molecule has 0 unspecified atom stereocenters. The lowest BCUT2D eigenvalue weighted by molar-refractivity contribution is -0.0315. The van der Waals surface area contributed by atoms with Crippen LogP contribution in [0.25, 0.3) is 0 Å². The number of aliphatic hydroxyl groups is 1. The van der Waals surface area contributed by atoms with Crippen molar-refractivity contribution in [3.63, 3.8) is 0 Å². The predicted octanol–water partition coefficient (Wildman–Crippen LogP) is 1.73. The standard InChI is InChI=1S/C10H15Cl2N3O/c1-15-7(8(11)14-9(15)12)5-13-6-10(16)3-2-4-10/h13,16H,2-6H2,1H3. The molecule has 0 aromatic carbocycles. The summed E-state index contributed by atoms with van der Waals surface area (Å²) in [5, 5.41) is 13.9. The highest BCUT2D eigenvalue weighted by Crippen LogP contribution is 2.30. The number of nitrogens with zero attached hydrogens (tertiary/aromatic N) is 2. The average Bonchev–Trinajstić information content (AvgIpc) is 2.42. The van der Waals surface area contributed by atoms with E-state index in [-0.39, 0.29) is 0 Å². The van der Waals surface area contributed by atoms with E-state index in [1.54, 1.807) is 4.57 Å². The maximum absolute atomic E-state index is 9.89. The summed E-state index contributed by atoms with van der Waals surface area (Å²) < 4.78 is 1.74. The van der Waals surface area contributed by atoms with Gasteiger partial charge in [-0.05, 0) is 30.9 Å². The first-order valence-electron chi connectivity index (χ1n) is 5.31. The van der Waals surface area contributed by atoms with Gasteiger partial charge in [0.15, 0.2) is 5.15 Å². The van der Waals surface area contributed by atoms with Crippen LogP contribution in [0.5, 0.6) is 0 Å². The lowest BCUT2D eigenvalue weighted by Gasteiger charge is -2.36. The zero-order valence-corrected chi connectivity index (χ0v) is 10.6. The zero-order chi connectivity index (χ0) is 11.8. The van der Waals surface area contributed by atoms with Gasteiger partial charge in [-0.3, -0.25) is 0 Å². The molecule has 1 aromatic rings. The molecule has 1 aromatic heterocycles. The fourth-order valence-corrected chi connectivity index (χ4v) is 2.34. The predicted molar refractivity (Wildman–Crippen MR) is 63.7 cm³/mol. The third kappa shape index (κ3) is 2.35. The van der Waals surface area contributed by atoms with Crippen molar-refractivity contribution in [1.29, 1.82) is 0 Å². The van der Waals surface area contributed by atoms with Crippen molar-refractivity contribution in [2.24, 2.45) is 7.05 Å². The first-order chi connectivity index (χ1) is 7.52. The second-order valence-corrected chi connectivity index (χ2v) is 5.05. The van der Waals surface area contributed by atoms with Gasteiger partial charge in [0, 0.05) is 20.1 Å². The Morgan fingerprint density at radius 2 is 2.19 bits per heavy atom. The van der Waals surface area contributed by atoms with Crippen molar-refractivity contribution < 1.29 is 5.11 Å². The van der Waals surface area contributed by atoms with Gasteiger partial charge in [-0.15, -0.1) is 0 Å². The summed E-state index contributed by atoms with van der Waals surface area (Å²) >= 11 is 11.8. The molecule has 2 rings (SSSR count). The second kappa shape index (κ2) is 4.53. The van der Waals surface area contributed by atoms with Gasteiger partial charge in [0.25, 0.3) is 0 Å². The Morgan fingerprint density at radius 3 is 2.62 bits per heavy atom. The second-order valence-electron chi connectivity index (χ2n) is 4.36. The molecule has 1 aliphatic carbocycles. The van der Waals surface area contributed by atoms with Gasteiger partial charge >= 0.3 is 0 Å². The van der Waals surface area contributed by atoms with Crippen LogP contribution in [-0.4, -0.2) is 26.8 Å². The van der Waals surface area contributed by atoms with Crippen molar-refractivity contribution >= 4 is 23.2 Å². The minimum Gasteiger partial charge on any atom is -0.389 e. The molecule has 0 spiro atoms. The molecule has 1 aliphatic rings. The number of aromatic nitrogens is 2. The normalized spacial score (nSPS) is 18.5. The SMILES string of the molecule is Cn1c(Cl)nc(Cl)c1CNCC1(O)CCC1. The van der Waals surface area contributed by atoms with Crippen molar-refractivity contribution in [2.45, 2.75) is 31.4 Å². The molecule has 0 amide bonds. The molecule has 0 radical (unpaired) electrons. The Kier molecular flexibility index (Phi) is 3.45. The number of imidazole rings is 1. The van der Waals surface area contributed by atoms with Crippen LogP contribution in [-0.2, 0) is 13.6 Å². The first-order valence-corrected chi connectivity index (χ1v) is 6.07. The molecule has 2 N–H and O–H groups in total. The molecule has 4 nitrogen and oxygen atoms in total. The monoisotopic (exact) mass is 263 g/mol. The fourth-order valence-electron chi connectivity index (χ4n) is 1.84. The molecule has 16 heavy (non-hydrogen) atoms. The Labute approximate surface area is 105 Å². The highest BCUT2D eigenvalue weighted by Gasteiger charge is 2.33. The summed E-state index contributed by atoms with van der Waals surface area (Å²) in [6, 6.07) is 0. The van der Waals surface area contributed by atoms with Gasteiger partial charge in [0.05, 0.1) is 11.3 Å². The molecule has 0 aliphatic heterocycles. The van der Waals surface area contributed by atoms with Crippen LogP contribution in [0.15, 0.2) is 0 Å². The third-order valence-electron chi connectivity index (χ3n) is 3.14. The lowest BCUT2D eigenvalue weighted by atomic mass is 9.80. The highest BCUT2D eigenvalue weighted by molar-refractivity contribution is 6.32. The van der Waals surface area contributed by atoms with Crippen LogP contribution in [0.3, 0.4) is 0 Å². The molecule has 1 heterocycles. The molecule has 1 saturated carbocycles. The van der Waals surface area contributed by atoms with E-state index >= 15 is 0 Å². The number of halogens is 2. The lowest BCUT2D eigenvalue weighted by Crippen LogP contribution is -2.46. The molecule has 0 saturated heterocycles. The van der Waals surface area contributed by atoms with E-state index in [0.717, 1.165) is 25.0 Å². The van der Waals surface area contributed by atoms with Crippen LogP contribution in [0, 0.1) is 0 Å². The molecule has 1 fully saturated rings. The molecular formula is C10H15Cl2N3O. The van der Waals surface area contributed by atoms with Gasteiger partial charge in [-0.25, -0.2) is 4.98 Å². The Bertz CT molecular complexity index is 388. The van der Waals surface area contributed by atoms with Gasteiger partial charge in [0.1, 0.15) is 0 Å². The Balaban J connectivity index is 1.89. The largest absolute Gasteiger partial charge is 0.389 e. The minimum absolute atomic E-state index is 0.379. The number of hydrogen-bond donors (Lipinski definition) is 2. The summed E-state index contributed by atoms with van der Waals surface area (Å²) in [7, 11) is 1.82. The maximum atomic E-state index is 9.89. The molecule has 0 atom stereocenters. The van der Waals surface area contributed by atoms with Gasteiger partial charge in [0.2, 0.25) is 5.28 Å². The highest BCUT2D eigenvalue weighted by atomic mass is 35.5. The Morgan fingerprint density at radius 1 is 1.50 bits per heavy atom. The van der Waals surface area contributed by atoms with E-state index in [1.165, 1.54) is 0 Å². The molecule has 90 valence electrons. The van der Waals surface area contributed by atoms with Crippen LogP contribution in [0.1, 0.15) is 25.0 Å². The smallest absolute Gasteiger partial charge is 0.204 e. The van der Waals surface area contributed by atoms with E-state index < -0.39 is 5.60 Å². The number of nitrogens with one attached hydrogen (secondary N) is 1. The van der Waals surface area contributed by atoms with E-state index in [9.17, 15) is 5.11 Å². The first kappa shape index (κ1) is 12.2. The van der Waals surface area contributed by atoms with Crippen molar-refractivity contribution in [1.82, 2.24) is 14.9 Å². The molecule has 0 bridgehead atoms. The average molecular weight is 264 g/mol. The van der Waals surface area contributed by atoms with Crippen molar-refractivity contribution in [2.75, 3.05) is 6.54 Å². The van der Waals surface area contributed by atoms with E-state index in [4.69, 9.17) is 23.2 Å². The topological polar surface area (TPSA) is 50.1 Å². The molecule has 6 heteroatoms. The van der Waals surface area contributed by atoms with Gasteiger partial charge < -0.3 is 15.0 Å². The third-order valence-corrected chi connectivity index (χ3v) is 3.78. The quantitative estimate of drug-likeness (QED) is 0.870. The summed E-state index contributed by atoms with van der Waals surface area (Å²) in [6.07, 6.45) is 2.86. The van der Waals surface area contributed by atoms with Crippen LogP contribution >= 0.6 is 23.2 Å². The van der Waals surface area contributed by atoms with E-state index in [0.29, 0.717) is 23.5 Å². The summed E-state index contributed by atoms with van der Waals surface area (Å²) in [5.74, 6) is 0. The van der Waals surface area contributed by atoms with Crippen LogP contribution in [0.2, 0.25) is 10.4 Å². The van der Waals surface area contributed by atoms with Gasteiger partial charge in [-0.2, -0.15) is 0 Å². The minimum atomic E-state index is -0.519. The number of hydrogen-bond acceptors (Lipinski definition) is 3. The fraction of sp³-hybridized carbons (Fsp3) is 0.700.